The molecule has 0 aliphatic carbocycles. The number of benzene rings is 4. The Bertz CT molecular complexity index is 2060. The Morgan fingerprint density at radius 2 is 1.74 bits per heavy atom. The van der Waals surface area contributed by atoms with E-state index in [1.807, 2.05) is 73.7 Å². The van der Waals surface area contributed by atoms with E-state index in [1.165, 1.54) is 23.5 Å². The highest BCUT2D eigenvalue weighted by Crippen LogP contribution is 2.32. The number of halogens is 1. The van der Waals surface area contributed by atoms with Crippen molar-refractivity contribution in [1.82, 2.24) is 4.57 Å². The number of allylic oxidation sites excluding steroid dienone is 1. The van der Waals surface area contributed by atoms with E-state index in [-0.39, 0.29) is 24.6 Å². The Balaban J connectivity index is 1.52. The van der Waals surface area contributed by atoms with Crippen LogP contribution in [-0.4, -0.2) is 17.1 Å². The zero-order chi connectivity index (χ0) is 30.1. The molecule has 1 atom stereocenters. The van der Waals surface area contributed by atoms with Gasteiger partial charge in [0.2, 0.25) is 0 Å². The predicted octanol–water partition coefficient (Wildman–Crippen LogP) is 5.98. The van der Waals surface area contributed by atoms with Crippen LogP contribution in [-0.2, 0) is 16.1 Å². The van der Waals surface area contributed by atoms with Gasteiger partial charge in [-0.25, -0.2) is 14.2 Å². The van der Waals surface area contributed by atoms with E-state index >= 15 is 0 Å². The summed E-state index contributed by atoms with van der Waals surface area (Å²) in [5, 5.41) is 1.91. The fraction of sp³-hybridized carbons (Fsp3) is 0.171. The molecule has 0 spiro atoms. The summed E-state index contributed by atoms with van der Waals surface area (Å²) < 4.78 is 27.1. The summed E-state index contributed by atoms with van der Waals surface area (Å²) in [6.07, 6.45) is 1.84. The van der Waals surface area contributed by atoms with Crippen molar-refractivity contribution in [2.24, 2.45) is 4.99 Å². The molecular weight excluding hydrogens is 563 g/mol. The van der Waals surface area contributed by atoms with E-state index in [2.05, 4.69) is 0 Å². The fourth-order valence-corrected chi connectivity index (χ4v) is 6.31. The highest BCUT2D eigenvalue weighted by atomic mass is 32.1. The first-order valence-electron chi connectivity index (χ1n) is 14.0. The fourth-order valence-electron chi connectivity index (χ4n) is 5.28. The van der Waals surface area contributed by atoms with Crippen molar-refractivity contribution >= 4 is 34.2 Å². The van der Waals surface area contributed by atoms with Gasteiger partial charge in [-0.2, -0.15) is 0 Å². The van der Waals surface area contributed by atoms with Gasteiger partial charge in [0.15, 0.2) is 4.80 Å². The van der Waals surface area contributed by atoms with Gasteiger partial charge in [0, 0.05) is 5.56 Å². The first kappa shape index (κ1) is 28.3. The Morgan fingerprint density at radius 1 is 1.00 bits per heavy atom. The number of nitrogens with zero attached hydrogens (tertiary/aromatic N) is 2. The third-order valence-electron chi connectivity index (χ3n) is 7.42. The van der Waals surface area contributed by atoms with Gasteiger partial charge >= 0.3 is 5.97 Å². The molecule has 2 heterocycles. The van der Waals surface area contributed by atoms with Gasteiger partial charge in [0.05, 0.1) is 28.5 Å². The smallest absolute Gasteiger partial charge is 0.338 e. The standard InChI is InChI=1S/C35H29FN2O4S/c1-4-41-34(40)31-22(3)37-35-38(32(31)25-13-9-21(2)10-14-25)33(39)30(43-35)19-28-27-8-6-5-7-24(27)15-18-29(28)42-20-23-11-16-26(36)17-12-23/h5-19,32H,4,20H2,1-3H3/b30-19-/t32-/m0/s1. The summed E-state index contributed by atoms with van der Waals surface area (Å²) in [6, 6.07) is 25.0. The molecule has 1 aromatic heterocycles. The van der Waals surface area contributed by atoms with Gasteiger partial charge in [0.25, 0.3) is 5.56 Å². The lowest BCUT2D eigenvalue weighted by molar-refractivity contribution is -0.139. The lowest BCUT2D eigenvalue weighted by Gasteiger charge is -2.24. The normalized spacial score (nSPS) is 14.9. The second-order valence-corrected chi connectivity index (χ2v) is 11.3. The van der Waals surface area contributed by atoms with Gasteiger partial charge in [-0.3, -0.25) is 9.36 Å². The van der Waals surface area contributed by atoms with Crippen molar-refractivity contribution in [2.45, 2.75) is 33.4 Å². The molecule has 0 N–H and O–H groups in total. The summed E-state index contributed by atoms with van der Waals surface area (Å²) >= 11 is 1.27. The van der Waals surface area contributed by atoms with Crippen LogP contribution in [0.4, 0.5) is 4.39 Å². The molecule has 216 valence electrons. The zero-order valence-electron chi connectivity index (χ0n) is 24.0. The van der Waals surface area contributed by atoms with Crippen LogP contribution in [0.1, 0.15) is 42.1 Å². The van der Waals surface area contributed by atoms with E-state index < -0.39 is 12.0 Å². The number of hydrogen-bond donors (Lipinski definition) is 0. The minimum Gasteiger partial charge on any atom is -0.488 e. The second kappa shape index (κ2) is 11.8. The van der Waals surface area contributed by atoms with Crippen LogP contribution in [0.5, 0.6) is 5.75 Å². The van der Waals surface area contributed by atoms with Gasteiger partial charge in [0.1, 0.15) is 18.2 Å². The molecule has 0 saturated heterocycles. The number of hydrogen-bond acceptors (Lipinski definition) is 6. The van der Waals surface area contributed by atoms with Crippen molar-refractivity contribution in [3.05, 3.63) is 144 Å². The molecule has 0 radical (unpaired) electrons. The van der Waals surface area contributed by atoms with Crippen LogP contribution in [0, 0.1) is 12.7 Å². The van der Waals surface area contributed by atoms with Crippen molar-refractivity contribution < 1.29 is 18.7 Å². The minimum absolute atomic E-state index is 0.211. The highest BCUT2D eigenvalue weighted by molar-refractivity contribution is 7.07. The topological polar surface area (TPSA) is 69.9 Å². The van der Waals surface area contributed by atoms with Crippen molar-refractivity contribution in [1.29, 1.82) is 0 Å². The Kier molecular flexibility index (Phi) is 7.78. The van der Waals surface area contributed by atoms with Gasteiger partial charge in [-0.05, 0) is 66.9 Å². The van der Waals surface area contributed by atoms with E-state index in [0.29, 0.717) is 26.4 Å². The Hall–Kier alpha value is -4.82. The number of rotatable bonds is 7. The summed E-state index contributed by atoms with van der Waals surface area (Å²) in [5.74, 6) is -0.211. The molecule has 0 fully saturated rings. The van der Waals surface area contributed by atoms with Gasteiger partial charge in [-0.15, -0.1) is 0 Å². The maximum absolute atomic E-state index is 14.2. The maximum Gasteiger partial charge on any atom is 0.338 e. The van der Waals surface area contributed by atoms with E-state index in [0.717, 1.165) is 33.0 Å². The SMILES string of the molecule is CCOC(=O)C1=C(C)N=c2s/c(=C\c3c(OCc4ccc(F)cc4)ccc4ccccc34)c(=O)n2[C@H]1c1ccc(C)cc1. The van der Waals surface area contributed by atoms with E-state index in [1.54, 1.807) is 30.5 Å². The summed E-state index contributed by atoms with van der Waals surface area (Å²) in [5.41, 5.74) is 4.03. The average molecular weight is 593 g/mol. The molecule has 6 nitrogen and oxygen atoms in total. The van der Waals surface area contributed by atoms with Crippen molar-refractivity contribution in [3.8, 4) is 5.75 Å². The Morgan fingerprint density at radius 3 is 2.49 bits per heavy atom. The lowest BCUT2D eigenvalue weighted by Crippen LogP contribution is -2.39. The first-order valence-corrected chi connectivity index (χ1v) is 14.8. The van der Waals surface area contributed by atoms with Crippen LogP contribution < -0.4 is 19.6 Å². The van der Waals surface area contributed by atoms with Crippen LogP contribution in [0.3, 0.4) is 0 Å². The molecular formula is C35H29FN2O4S. The number of aromatic nitrogens is 1. The molecule has 8 heteroatoms. The molecule has 0 unspecified atom stereocenters. The van der Waals surface area contributed by atoms with Crippen molar-refractivity contribution in [3.63, 3.8) is 0 Å². The number of thiazole rings is 1. The zero-order valence-corrected chi connectivity index (χ0v) is 24.8. The molecule has 0 bridgehead atoms. The largest absolute Gasteiger partial charge is 0.488 e. The van der Waals surface area contributed by atoms with Crippen molar-refractivity contribution in [2.75, 3.05) is 6.61 Å². The Labute approximate surface area is 251 Å². The monoisotopic (exact) mass is 592 g/mol. The predicted molar refractivity (Wildman–Crippen MR) is 166 cm³/mol. The summed E-state index contributed by atoms with van der Waals surface area (Å²) in [4.78, 5) is 32.6. The second-order valence-electron chi connectivity index (χ2n) is 10.3. The number of carbonyl (C=O) groups is 1. The van der Waals surface area contributed by atoms with E-state index in [4.69, 9.17) is 14.5 Å². The van der Waals surface area contributed by atoms with Gasteiger partial charge < -0.3 is 9.47 Å². The first-order chi connectivity index (χ1) is 20.8. The summed E-state index contributed by atoms with van der Waals surface area (Å²) in [6.45, 7) is 5.96. The highest BCUT2D eigenvalue weighted by Gasteiger charge is 2.33. The number of carbonyl (C=O) groups excluding carboxylic acids is 1. The number of esters is 1. The number of fused-ring (bicyclic) bond motifs is 2. The van der Waals surface area contributed by atoms with Crippen LogP contribution in [0.2, 0.25) is 0 Å². The molecule has 5 aromatic rings. The average Bonchev–Trinajstić information content (AvgIpc) is 3.31. The molecule has 6 rings (SSSR count). The third kappa shape index (κ3) is 5.53. The molecule has 4 aromatic carbocycles. The quantitative estimate of drug-likeness (QED) is 0.218. The number of aryl methyl sites for hydroxylation is 1. The third-order valence-corrected chi connectivity index (χ3v) is 8.41. The molecule has 0 saturated carbocycles. The van der Waals surface area contributed by atoms with Crippen LogP contribution >= 0.6 is 11.3 Å². The lowest BCUT2D eigenvalue weighted by atomic mass is 9.95. The molecule has 1 aliphatic rings. The molecule has 0 amide bonds. The maximum atomic E-state index is 14.2. The minimum atomic E-state index is -0.681. The van der Waals surface area contributed by atoms with Crippen LogP contribution in [0.15, 0.2) is 106 Å². The summed E-state index contributed by atoms with van der Waals surface area (Å²) in [7, 11) is 0. The van der Waals surface area contributed by atoms with Gasteiger partial charge in [-0.1, -0.05) is 83.6 Å². The number of ether oxygens (including phenoxy) is 2. The van der Waals surface area contributed by atoms with Crippen LogP contribution in [0.25, 0.3) is 16.8 Å². The molecule has 43 heavy (non-hydrogen) atoms. The van der Waals surface area contributed by atoms with E-state index in [9.17, 15) is 14.0 Å². The molecule has 1 aliphatic heterocycles.